The topological polar surface area (TPSA) is 12.5 Å². The standard InChI is InChI=1S/C10H21NOSi/c1-3-13(2)11-8-5-4-6-10(11)7-9-12-13/h10H,3-9H2,1-2H3. The maximum absolute atomic E-state index is 6.05. The van der Waals surface area contributed by atoms with E-state index >= 15 is 0 Å². The molecular formula is C10H21NOSi. The number of rotatable bonds is 1. The van der Waals surface area contributed by atoms with Crippen molar-refractivity contribution in [3.8, 4) is 0 Å². The minimum absolute atomic E-state index is 0.874. The van der Waals surface area contributed by atoms with Gasteiger partial charge in [-0.1, -0.05) is 13.3 Å². The van der Waals surface area contributed by atoms with Crippen LogP contribution in [-0.2, 0) is 4.43 Å². The van der Waals surface area contributed by atoms with Gasteiger partial charge in [0.05, 0.1) is 0 Å². The van der Waals surface area contributed by atoms with Crippen molar-refractivity contribution >= 4 is 8.48 Å². The van der Waals surface area contributed by atoms with Gasteiger partial charge in [0.1, 0.15) is 0 Å². The predicted molar refractivity (Wildman–Crippen MR) is 57.0 cm³/mol. The second kappa shape index (κ2) is 3.71. The predicted octanol–water partition coefficient (Wildman–Crippen LogP) is 2.35. The molecular weight excluding hydrogens is 178 g/mol. The van der Waals surface area contributed by atoms with Crippen molar-refractivity contribution in [3.63, 3.8) is 0 Å². The van der Waals surface area contributed by atoms with Crippen molar-refractivity contribution in [3.05, 3.63) is 0 Å². The van der Waals surface area contributed by atoms with Gasteiger partial charge in [0.2, 0.25) is 0 Å². The normalized spacial score (nSPS) is 41.5. The molecule has 2 saturated heterocycles. The van der Waals surface area contributed by atoms with Crippen LogP contribution in [0.4, 0.5) is 0 Å². The Balaban J connectivity index is 2.11. The largest absolute Gasteiger partial charge is 0.403 e. The molecule has 2 aliphatic rings. The zero-order chi connectivity index (χ0) is 9.31. The van der Waals surface area contributed by atoms with Crippen LogP contribution in [0.15, 0.2) is 0 Å². The average Bonchev–Trinajstić information content (AvgIpc) is 2.19. The van der Waals surface area contributed by atoms with Gasteiger partial charge in [-0.3, -0.25) is 4.57 Å². The number of hydrogen-bond acceptors (Lipinski definition) is 2. The molecule has 0 aliphatic carbocycles. The molecule has 0 N–H and O–H groups in total. The fourth-order valence-corrected chi connectivity index (χ4v) is 5.72. The van der Waals surface area contributed by atoms with E-state index in [-0.39, 0.29) is 0 Å². The highest BCUT2D eigenvalue weighted by atomic mass is 28.4. The molecule has 0 spiro atoms. The molecule has 2 fully saturated rings. The number of hydrogen-bond donors (Lipinski definition) is 0. The Kier molecular flexibility index (Phi) is 2.77. The summed E-state index contributed by atoms with van der Waals surface area (Å²) in [6.45, 7) is 7.02. The van der Waals surface area contributed by atoms with E-state index in [2.05, 4.69) is 18.0 Å². The molecule has 2 heterocycles. The minimum Gasteiger partial charge on any atom is -0.403 e. The first kappa shape index (κ1) is 9.68. The number of fused-ring (bicyclic) bond motifs is 1. The molecule has 2 aliphatic heterocycles. The van der Waals surface area contributed by atoms with Crippen molar-refractivity contribution < 1.29 is 4.43 Å². The number of nitrogens with zero attached hydrogens (tertiary/aromatic N) is 1. The Bertz CT molecular complexity index is 186. The van der Waals surface area contributed by atoms with E-state index in [9.17, 15) is 0 Å². The SMILES string of the molecule is CC[Si]1(C)OCCC2CCCCN21. The van der Waals surface area contributed by atoms with Crippen LogP contribution in [-0.4, -0.2) is 32.2 Å². The Hall–Kier alpha value is 0.137. The Labute approximate surface area is 82.5 Å². The van der Waals surface area contributed by atoms with Crippen LogP contribution in [0, 0.1) is 0 Å². The quantitative estimate of drug-likeness (QED) is 0.601. The van der Waals surface area contributed by atoms with Gasteiger partial charge in [-0.2, -0.15) is 0 Å². The molecule has 13 heavy (non-hydrogen) atoms. The lowest BCUT2D eigenvalue weighted by Gasteiger charge is -2.49. The molecule has 0 bridgehead atoms. The maximum Gasteiger partial charge on any atom is 0.268 e. The summed E-state index contributed by atoms with van der Waals surface area (Å²) in [4.78, 5) is 0. The van der Waals surface area contributed by atoms with Gasteiger partial charge < -0.3 is 4.43 Å². The molecule has 2 nitrogen and oxygen atoms in total. The molecule has 2 atom stereocenters. The van der Waals surface area contributed by atoms with E-state index < -0.39 is 8.48 Å². The van der Waals surface area contributed by atoms with Crippen LogP contribution in [0.3, 0.4) is 0 Å². The zero-order valence-electron chi connectivity index (χ0n) is 8.88. The molecule has 0 amide bonds. The molecule has 2 rings (SSSR count). The van der Waals surface area contributed by atoms with Gasteiger partial charge in [-0.05, 0) is 38.4 Å². The van der Waals surface area contributed by atoms with Crippen molar-refractivity contribution in [2.45, 2.75) is 51.2 Å². The van der Waals surface area contributed by atoms with E-state index in [1.54, 1.807) is 0 Å². The van der Waals surface area contributed by atoms with Crippen LogP contribution in [0.5, 0.6) is 0 Å². The molecule has 3 heteroatoms. The second-order valence-electron chi connectivity index (χ2n) is 4.51. The third-order valence-electron chi connectivity index (χ3n) is 3.75. The fraction of sp³-hybridized carbons (Fsp3) is 1.00. The van der Waals surface area contributed by atoms with E-state index in [0.717, 1.165) is 12.6 Å². The van der Waals surface area contributed by atoms with Gasteiger partial charge in [0.15, 0.2) is 0 Å². The van der Waals surface area contributed by atoms with E-state index in [1.807, 2.05) is 0 Å². The average molecular weight is 199 g/mol. The summed E-state index contributed by atoms with van der Waals surface area (Å²) in [6, 6.07) is 2.13. The van der Waals surface area contributed by atoms with Gasteiger partial charge in [0.25, 0.3) is 8.48 Å². The van der Waals surface area contributed by atoms with Crippen molar-refractivity contribution in [1.29, 1.82) is 0 Å². The highest BCUT2D eigenvalue weighted by molar-refractivity contribution is 6.69. The van der Waals surface area contributed by atoms with Gasteiger partial charge in [0, 0.05) is 12.6 Å². The Morgan fingerprint density at radius 2 is 2.23 bits per heavy atom. The smallest absolute Gasteiger partial charge is 0.268 e. The van der Waals surface area contributed by atoms with Crippen LogP contribution in [0.25, 0.3) is 0 Å². The first-order valence-electron chi connectivity index (χ1n) is 5.67. The summed E-state index contributed by atoms with van der Waals surface area (Å²) in [5.41, 5.74) is 0. The third-order valence-corrected chi connectivity index (χ3v) is 7.70. The van der Waals surface area contributed by atoms with E-state index in [0.29, 0.717) is 0 Å². The van der Waals surface area contributed by atoms with Crippen LogP contribution in [0.1, 0.15) is 32.6 Å². The highest BCUT2D eigenvalue weighted by Crippen LogP contribution is 2.32. The first-order valence-corrected chi connectivity index (χ1v) is 8.23. The zero-order valence-corrected chi connectivity index (χ0v) is 9.88. The summed E-state index contributed by atoms with van der Waals surface area (Å²) in [7, 11) is -1.44. The summed E-state index contributed by atoms with van der Waals surface area (Å²) < 4.78 is 8.78. The second-order valence-corrected chi connectivity index (χ2v) is 8.43. The lowest BCUT2D eigenvalue weighted by molar-refractivity contribution is 0.106. The van der Waals surface area contributed by atoms with Gasteiger partial charge in [-0.25, -0.2) is 0 Å². The lowest BCUT2D eigenvalue weighted by Crippen LogP contribution is -2.62. The van der Waals surface area contributed by atoms with Crippen molar-refractivity contribution in [1.82, 2.24) is 4.57 Å². The van der Waals surface area contributed by atoms with Crippen LogP contribution < -0.4 is 0 Å². The fourth-order valence-electron chi connectivity index (χ4n) is 2.73. The summed E-state index contributed by atoms with van der Waals surface area (Å²) in [6.07, 6.45) is 5.53. The molecule has 0 aromatic heterocycles. The highest BCUT2D eigenvalue weighted by Gasteiger charge is 2.43. The Morgan fingerprint density at radius 1 is 1.38 bits per heavy atom. The van der Waals surface area contributed by atoms with Crippen LogP contribution >= 0.6 is 0 Å². The summed E-state index contributed by atoms with van der Waals surface area (Å²) >= 11 is 0. The molecule has 0 aromatic rings. The third kappa shape index (κ3) is 1.69. The molecule has 76 valence electrons. The van der Waals surface area contributed by atoms with Crippen LogP contribution in [0.2, 0.25) is 12.6 Å². The first-order chi connectivity index (χ1) is 6.26. The minimum atomic E-state index is -1.44. The summed E-state index contributed by atoms with van der Waals surface area (Å²) in [5, 5.41) is 0. The van der Waals surface area contributed by atoms with Gasteiger partial charge in [-0.15, -0.1) is 0 Å². The van der Waals surface area contributed by atoms with Crippen molar-refractivity contribution in [2.24, 2.45) is 0 Å². The maximum atomic E-state index is 6.05. The van der Waals surface area contributed by atoms with Gasteiger partial charge >= 0.3 is 0 Å². The van der Waals surface area contributed by atoms with E-state index in [1.165, 1.54) is 38.3 Å². The van der Waals surface area contributed by atoms with E-state index in [4.69, 9.17) is 4.43 Å². The molecule has 2 unspecified atom stereocenters. The number of piperidine rings is 1. The molecule has 0 aromatic carbocycles. The monoisotopic (exact) mass is 199 g/mol. The summed E-state index contributed by atoms with van der Waals surface area (Å²) in [5.74, 6) is 0. The van der Waals surface area contributed by atoms with Crippen molar-refractivity contribution in [2.75, 3.05) is 13.2 Å². The molecule has 0 saturated carbocycles. The lowest BCUT2D eigenvalue weighted by atomic mass is 10.0. The Morgan fingerprint density at radius 3 is 3.00 bits per heavy atom. The molecule has 0 radical (unpaired) electrons.